The second kappa shape index (κ2) is 17.3. The van der Waals surface area contributed by atoms with Gasteiger partial charge in [-0.3, -0.25) is 9.59 Å². The van der Waals surface area contributed by atoms with E-state index in [4.69, 9.17) is 24.2 Å². The van der Waals surface area contributed by atoms with Crippen LogP contribution in [0.1, 0.15) is 87.2 Å². The summed E-state index contributed by atoms with van der Waals surface area (Å²) in [5.74, 6) is -2.81. The first kappa shape index (κ1) is 42.9. The summed E-state index contributed by atoms with van der Waals surface area (Å²) in [6.07, 6.45) is 4.49. The van der Waals surface area contributed by atoms with E-state index in [0.717, 1.165) is 18.4 Å². The number of halogens is 2. The molecule has 0 spiro atoms. The number of H-pyrrole nitrogens is 2. The number of hydrogen-bond acceptors (Lipinski definition) is 9. The lowest BCUT2D eigenvalue weighted by atomic mass is 9.90. The maximum Gasteiger partial charge on any atom is 0.407 e. The smallest absolute Gasteiger partial charge is 0.407 e. The Hall–Kier alpha value is -6.36. The van der Waals surface area contributed by atoms with Gasteiger partial charge in [0.25, 0.3) is 5.92 Å². The zero-order valence-corrected chi connectivity index (χ0v) is 36.2. The molecule has 4 amide bonds. The minimum Gasteiger partial charge on any atom is -0.453 e. The molecule has 0 saturated carbocycles. The largest absolute Gasteiger partial charge is 0.453 e. The maximum atomic E-state index is 16.6. The van der Waals surface area contributed by atoms with E-state index in [9.17, 15) is 19.2 Å². The third-order valence-corrected chi connectivity index (χ3v) is 13.3. The Labute approximate surface area is 368 Å². The fourth-order valence-corrected chi connectivity index (χ4v) is 9.89. The summed E-state index contributed by atoms with van der Waals surface area (Å²) in [5.41, 5.74) is 4.42. The van der Waals surface area contributed by atoms with Crippen LogP contribution in [0.5, 0.6) is 0 Å². The summed E-state index contributed by atoms with van der Waals surface area (Å²) in [7, 11) is 2.53. The van der Waals surface area contributed by atoms with Crippen molar-refractivity contribution in [1.82, 2.24) is 40.4 Å². The first-order chi connectivity index (χ1) is 30.9. The summed E-state index contributed by atoms with van der Waals surface area (Å²) < 4.78 is 48.3. The molecule has 64 heavy (non-hydrogen) atoms. The number of rotatable bonds is 10. The van der Waals surface area contributed by atoms with Gasteiger partial charge in [0.2, 0.25) is 11.8 Å². The molecule has 4 N–H and O–H groups in total. The van der Waals surface area contributed by atoms with Gasteiger partial charge < -0.3 is 44.6 Å². The first-order valence-electron chi connectivity index (χ1n) is 22.0. The summed E-state index contributed by atoms with van der Waals surface area (Å²) in [4.78, 5) is 71.9. The molecule has 9 rings (SSSR count). The molecule has 4 atom stereocenters. The van der Waals surface area contributed by atoms with Crippen molar-refractivity contribution in [3.8, 4) is 33.5 Å². The lowest BCUT2D eigenvalue weighted by Crippen LogP contribution is -2.53. The first-order valence-corrected chi connectivity index (χ1v) is 22.0. The number of hydrogen-bond donors (Lipinski definition) is 4. The van der Waals surface area contributed by atoms with Crippen molar-refractivity contribution in [1.29, 1.82) is 0 Å². The van der Waals surface area contributed by atoms with Crippen LogP contribution in [-0.4, -0.2) is 106 Å². The minimum atomic E-state index is -3.29. The molecule has 3 saturated heterocycles. The van der Waals surface area contributed by atoms with Crippen molar-refractivity contribution in [2.45, 2.75) is 82.5 Å². The molecule has 17 heteroatoms. The Morgan fingerprint density at radius 1 is 0.766 bits per heavy atom. The van der Waals surface area contributed by atoms with Gasteiger partial charge in [-0.25, -0.2) is 19.6 Å². The minimum absolute atomic E-state index is 0.0876. The number of likely N-dealkylation sites (tertiary alicyclic amines) is 2. The topological polar surface area (TPSA) is 184 Å². The maximum absolute atomic E-state index is 16.6. The Morgan fingerprint density at radius 2 is 1.36 bits per heavy atom. The SMILES string of the molecule is COC(=O)N[C@H](C(=O)N1CCC[C@H]1c1nc(-c2ccc3c(c2)C(F)(F)c2cc(-c4ccc5nc([C@@H]6CCCN6C(=O)[C@@H](NC(=O)OC)C6CCOCC6)[nH]c5c4)ccc2-3)c[nH]1)C(C)C. The van der Waals surface area contributed by atoms with E-state index in [2.05, 4.69) is 20.6 Å². The van der Waals surface area contributed by atoms with E-state index in [0.29, 0.717) is 103 Å². The molecular weight excluding hydrogens is 827 g/mol. The number of carbonyl (C=O) groups is 4. The summed E-state index contributed by atoms with van der Waals surface area (Å²) >= 11 is 0. The van der Waals surface area contributed by atoms with Crippen LogP contribution >= 0.6 is 0 Å². The van der Waals surface area contributed by atoms with E-state index >= 15 is 8.78 Å². The Balaban J connectivity index is 0.932. The molecule has 0 unspecified atom stereocenters. The fraction of sp³-hybridized carbons (Fsp3) is 0.447. The van der Waals surface area contributed by atoms with Gasteiger partial charge in [-0.05, 0) is 96.9 Å². The number of aromatic nitrogens is 4. The van der Waals surface area contributed by atoms with Gasteiger partial charge in [-0.2, -0.15) is 8.78 Å². The Morgan fingerprint density at radius 3 is 2.03 bits per heavy atom. The van der Waals surface area contributed by atoms with Gasteiger partial charge in [0.1, 0.15) is 23.7 Å². The van der Waals surface area contributed by atoms with Crippen LogP contribution in [0, 0.1) is 11.8 Å². The number of aromatic amines is 2. The average Bonchev–Trinajstić information content (AvgIpc) is 4.17. The monoisotopic (exact) mass is 878 g/mol. The van der Waals surface area contributed by atoms with Crippen molar-refractivity contribution in [3.63, 3.8) is 0 Å². The molecule has 336 valence electrons. The Bertz CT molecular complexity index is 2600. The van der Waals surface area contributed by atoms with Crippen LogP contribution in [0.4, 0.5) is 18.4 Å². The highest BCUT2D eigenvalue weighted by Crippen LogP contribution is 2.53. The molecule has 3 aromatic carbocycles. The van der Waals surface area contributed by atoms with Crippen LogP contribution in [0.15, 0.2) is 60.8 Å². The van der Waals surface area contributed by atoms with Gasteiger partial charge in [0, 0.05) is 49.2 Å². The molecule has 4 aliphatic rings. The molecule has 1 aliphatic carbocycles. The number of fused-ring (bicyclic) bond motifs is 4. The molecule has 5 aromatic rings. The normalized spacial score (nSPS) is 20.2. The number of nitrogens with one attached hydrogen (secondary N) is 4. The third kappa shape index (κ3) is 7.83. The van der Waals surface area contributed by atoms with Gasteiger partial charge in [-0.15, -0.1) is 0 Å². The summed E-state index contributed by atoms with van der Waals surface area (Å²) in [6.45, 7) is 5.74. The lowest BCUT2D eigenvalue weighted by molar-refractivity contribution is -0.137. The zero-order chi connectivity index (χ0) is 44.9. The number of carbonyl (C=O) groups excluding carboxylic acids is 4. The third-order valence-electron chi connectivity index (χ3n) is 13.3. The van der Waals surface area contributed by atoms with Gasteiger partial charge in [0.05, 0.1) is 43.0 Å². The van der Waals surface area contributed by atoms with Crippen molar-refractivity contribution < 1.29 is 42.2 Å². The quantitative estimate of drug-likeness (QED) is 0.110. The van der Waals surface area contributed by atoms with Crippen LogP contribution in [-0.2, 0) is 29.7 Å². The molecule has 2 aromatic heterocycles. The molecule has 3 aliphatic heterocycles. The van der Waals surface area contributed by atoms with E-state index in [-0.39, 0.29) is 46.9 Å². The molecule has 15 nitrogen and oxygen atoms in total. The van der Waals surface area contributed by atoms with Crippen molar-refractivity contribution in [3.05, 3.63) is 83.6 Å². The molecule has 5 heterocycles. The van der Waals surface area contributed by atoms with Gasteiger partial charge in [-0.1, -0.05) is 44.2 Å². The van der Waals surface area contributed by atoms with E-state index in [1.165, 1.54) is 20.3 Å². The molecule has 3 fully saturated rings. The number of benzene rings is 3. The standard InChI is InChI=1S/C47H52F2N8O7/c1-25(2)39(54-45(60)62-3)43(58)56-17-5-7-37(56)41-50-24-36(53-41)29-10-13-31-30-12-9-27(21-32(30)47(48,49)33(31)22-29)28-11-14-34-35(23-28)52-42(51-34)38-8-6-18-57(38)44(59)40(55-46(61)63-4)26-15-19-64-20-16-26/h9-14,21-26,37-40H,5-8,15-20H2,1-4H3,(H,50,53)(H,51,52)(H,54,60)(H,55,61)/t37-,38-,39-,40-/m0/s1. The predicted molar refractivity (Wildman–Crippen MR) is 232 cm³/mol. The number of imidazole rings is 2. The second-order valence-electron chi connectivity index (χ2n) is 17.4. The zero-order valence-electron chi connectivity index (χ0n) is 36.2. The van der Waals surface area contributed by atoms with Crippen molar-refractivity contribution >= 4 is 35.0 Å². The van der Waals surface area contributed by atoms with E-state index < -0.39 is 30.2 Å². The van der Waals surface area contributed by atoms with Crippen molar-refractivity contribution in [2.75, 3.05) is 40.5 Å². The highest BCUT2D eigenvalue weighted by atomic mass is 19.3. The lowest BCUT2D eigenvalue weighted by Gasteiger charge is -2.34. The van der Waals surface area contributed by atoms with Gasteiger partial charge in [0.15, 0.2) is 0 Å². The number of alkyl carbamates (subject to hydrolysis) is 2. The number of methoxy groups -OCH3 is 2. The van der Waals surface area contributed by atoms with E-state index in [1.54, 1.807) is 40.3 Å². The molecular formula is C47H52F2N8O7. The number of alkyl halides is 2. The van der Waals surface area contributed by atoms with Crippen LogP contribution in [0.25, 0.3) is 44.5 Å². The molecule has 0 radical (unpaired) electrons. The second-order valence-corrected chi connectivity index (χ2v) is 17.4. The van der Waals surface area contributed by atoms with E-state index in [1.807, 2.05) is 38.1 Å². The van der Waals surface area contributed by atoms with Crippen LogP contribution < -0.4 is 10.6 Å². The van der Waals surface area contributed by atoms with Gasteiger partial charge >= 0.3 is 12.2 Å². The van der Waals surface area contributed by atoms with Crippen LogP contribution in [0.3, 0.4) is 0 Å². The van der Waals surface area contributed by atoms with Crippen LogP contribution in [0.2, 0.25) is 0 Å². The van der Waals surface area contributed by atoms with Crippen molar-refractivity contribution in [2.24, 2.45) is 11.8 Å². The summed E-state index contributed by atoms with van der Waals surface area (Å²) in [5, 5.41) is 5.44. The average molecular weight is 879 g/mol. The highest BCUT2D eigenvalue weighted by molar-refractivity contribution is 5.89. The fourth-order valence-electron chi connectivity index (χ4n) is 9.89. The predicted octanol–water partition coefficient (Wildman–Crippen LogP) is 7.60. The number of amides is 4. The molecule has 0 bridgehead atoms. The Kier molecular flexibility index (Phi) is 11.6. The highest BCUT2D eigenvalue weighted by Gasteiger charge is 2.45. The number of ether oxygens (including phenoxy) is 3. The number of nitrogens with zero attached hydrogens (tertiary/aromatic N) is 4. The summed E-state index contributed by atoms with van der Waals surface area (Å²) in [6, 6.07) is 13.5.